The lowest BCUT2D eigenvalue weighted by Gasteiger charge is -2.39. The number of nitrogens with zero attached hydrogens (tertiary/aromatic N) is 2. The summed E-state index contributed by atoms with van der Waals surface area (Å²) in [6.07, 6.45) is 8.24. The van der Waals surface area contributed by atoms with Crippen LogP contribution in [0.25, 0.3) is 11.1 Å². The highest BCUT2D eigenvalue weighted by atomic mass is 16.7. The van der Waals surface area contributed by atoms with Gasteiger partial charge in [0.2, 0.25) is 0 Å². The normalized spacial score (nSPS) is 24.1. The third-order valence-electron chi connectivity index (χ3n) is 9.32. The van der Waals surface area contributed by atoms with E-state index in [1.54, 1.807) is 17.4 Å². The number of fused-ring (bicyclic) bond motifs is 2. The number of furan rings is 1. The highest BCUT2D eigenvalue weighted by Gasteiger charge is 2.49. The number of aromatic nitrogens is 1. The highest BCUT2D eigenvalue weighted by molar-refractivity contribution is 6.02. The van der Waals surface area contributed by atoms with E-state index < -0.39 is 5.79 Å². The Labute approximate surface area is 235 Å². The lowest BCUT2D eigenvalue weighted by atomic mass is 9.81. The van der Waals surface area contributed by atoms with Crippen LogP contribution in [0.5, 0.6) is 11.5 Å². The van der Waals surface area contributed by atoms with Crippen LogP contribution in [0.2, 0.25) is 0 Å². The van der Waals surface area contributed by atoms with Crippen LogP contribution in [0.1, 0.15) is 70.9 Å². The molecular weight excluding hydrogens is 506 g/mol. The Morgan fingerprint density at radius 3 is 2.42 bits per heavy atom. The summed E-state index contributed by atoms with van der Waals surface area (Å²) in [6, 6.07) is 4.44. The first kappa shape index (κ1) is 26.7. The van der Waals surface area contributed by atoms with Gasteiger partial charge < -0.3 is 28.7 Å². The zero-order chi connectivity index (χ0) is 28.3. The number of aryl methyl sites for hydroxylation is 2. The number of hydrogen-bond donors (Lipinski definition) is 1. The minimum Gasteiger partial charge on any atom is -0.472 e. The number of carbonyl (C=O) groups excluding carboxylic acids is 1. The van der Waals surface area contributed by atoms with Crippen molar-refractivity contribution in [1.29, 1.82) is 0 Å². The lowest BCUT2D eigenvalue weighted by molar-refractivity contribution is -0.123. The molecule has 6 rings (SSSR count). The molecular formula is C32H39N3O5. The standard InChI is InChI=1S/C32H39N3O5/c1-18-15-19(2)33-30(36)25(18)16-35-13-11-24-26(31(35)37)20(3)28-29(27(24)21-12-14-38-17-21)40-32(4,39-28)22-7-9-23(10-8-22)34(5)6/h12,14-15,17,22-23H,7-11,13,16H2,1-6H3,(H,33,36)/t22?,23?,32-/m0/s1. The van der Waals surface area contributed by atoms with E-state index in [1.165, 1.54) is 0 Å². The molecule has 212 valence electrons. The second kappa shape index (κ2) is 9.84. The summed E-state index contributed by atoms with van der Waals surface area (Å²) in [6.45, 7) is 8.57. The number of amides is 1. The van der Waals surface area contributed by atoms with Crippen LogP contribution >= 0.6 is 0 Å². The average Bonchev–Trinajstić information content (AvgIpc) is 3.56. The van der Waals surface area contributed by atoms with E-state index >= 15 is 0 Å². The van der Waals surface area contributed by atoms with E-state index in [0.29, 0.717) is 41.6 Å². The number of rotatable bonds is 5. The lowest BCUT2D eigenvalue weighted by Crippen LogP contribution is -2.46. The van der Waals surface area contributed by atoms with Gasteiger partial charge in [-0.2, -0.15) is 0 Å². The zero-order valence-corrected chi connectivity index (χ0v) is 24.3. The summed E-state index contributed by atoms with van der Waals surface area (Å²) in [5.41, 5.74) is 6.34. The SMILES string of the molecule is Cc1cc(C)c(CN2CCc3c(c(C)c4c(c3-c3ccoc3)O[C@@](C)(C3CCC(N(C)C)CC3)O4)C2=O)c(=O)[nH]1. The van der Waals surface area contributed by atoms with Crippen molar-refractivity contribution < 1.29 is 18.7 Å². The maximum absolute atomic E-state index is 14.1. The average molecular weight is 546 g/mol. The highest BCUT2D eigenvalue weighted by Crippen LogP contribution is 2.55. The summed E-state index contributed by atoms with van der Waals surface area (Å²) in [5, 5.41) is 0. The fourth-order valence-corrected chi connectivity index (χ4v) is 6.99. The van der Waals surface area contributed by atoms with E-state index in [0.717, 1.165) is 59.2 Å². The molecule has 1 aliphatic carbocycles. The Balaban J connectivity index is 1.38. The molecule has 0 spiro atoms. The molecule has 1 aromatic carbocycles. The summed E-state index contributed by atoms with van der Waals surface area (Å²) in [5.74, 6) is 0.707. The summed E-state index contributed by atoms with van der Waals surface area (Å²) < 4.78 is 19.0. The topological polar surface area (TPSA) is 88.0 Å². The van der Waals surface area contributed by atoms with Crippen LogP contribution in [0.15, 0.2) is 33.9 Å². The Hall–Kier alpha value is -3.52. The molecule has 8 nitrogen and oxygen atoms in total. The predicted molar refractivity (Wildman–Crippen MR) is 153 cm³/mol. The molecule has 1 fully saturated rings. The number of pyridine rings is 1. The Kier molecular flexibility index (Phi) is 6.56. The van der Waals surface area contributed by atoms with Gasteiger partial charge in [0.05, 0.1) is 24.6 Å². The minimum atomic E-state index is -0.804. The molecule has 0 saturated heterocycles. The van der Waals surface area contributed by atoms with Crippen LogP contribution in [-0.4, -0.2) is 53.2 Å². The van der Waals surface area contributed by atoms with Gasteiger partial charge in [-0.1, -0.05) is 0 Å². The third-order valence-corrected chi connectivity index (χ3v) is 9.32. The molecule has 40 heavy (non-hydrogen) atoms. The fourth-order valence-electron chi connectivity index (χ4n) is 6.99. The van der Waals surface area contributed by atoms with E-state index in [-0.39, 0.29) is 23.9 Å². The number of aromatic amines is 1. The van der Waals surface area contributed by atoms with Crippen LogP contribution < -0.4 is 15.0 Å². The second-order valence-corrected chi connectivity index (χ2v) is 12.1. The van der Waals surface area contributed by atoms with Gasteiger partial charge >= 0.3 is 0 Å². The first-order valence-electron chi connectivity index (χ1n) is 14.3. The first-order valence-corrected chi connectivity index (χ1v) is 14.3. The molecule has 1 saturated carbocycles. The second-order valence-electron chi connectivity index (χ2n) is 12.1. The Morgan fingerprint density at radius 1 is 1.05 bits per heavy atom. The number of hydrogen-bond acceptors (Lipinski definition) is 6. The van der Waals surface area contributed by atoms with Crippen molar-refractivity contribution in [2.75, 3.05) is 20.6 Å². The van der Waals surface area contributed by atoms with Crippen LogP contribution in [0.4, 0.5) is 0 Å². The van der Waals surface area contributed by atoms with Gasteiger partial charge in [-0.3, -0.25) is 9.59 Å². The van der Waals surface area contributed by atoms with Gasteiger partial charge in [-0.25, -0.2) is 0 Å². The molecule has 2 aromatic heterocycles. The number of carbonyl (C=O) groups is 1. The minimum absolute atomic E-state index is 0.0886. The van der Waals surface area contributed by atoms with Crippen molar-refractivity contribution in [3.63, 3.8) is 0 Å². The summed E-state index contributed by atoms with van der Waals surface area (Å²) in [4.78, 5) is 33.8. The van der Waals surface area contributed by atoms with Crippen molar-refractivity contribution in [3.8, 4) is 22.6 Å². The molecule has 1 atom stereocenters. The van der Waals surface area contributed by atoms with Gasteiger partial charge in [-0.15, -0.1) is 0 Å². The van der Waals surface area contributed by atoms with Gasteiger partial charge in [0.1, 0.15) is 0 Å². The Bertz CT molecular complexity index is 1510. The van der Waals surface area contributed by atoms with E-state index in [1.807, 2.05) is 39.8 Å². The van der Waals surface area contributed by atoms with Crippen molar-refractivity contribution >= 4 is 5.91 Å². The predicted octanol–water partition coefficient (Wildman–Crippen LogP) is 5.37. The molecule has 4 heterocycles. The molecule has 0 bridgehead atoms. The van der Waals surface area contributed by atoms with E-state index in [9.17, 15) is 9.59 Å². The molecule has 0 unspecified atom stereocenters. The quantitative estimate of drug-likeness (QED) is 0.464. The number of H-pyrrole nitrogens is 1. The molecule has 3 aromatic rings. The third kappa shape index (κ3) is 4.33. The molecule has 1 amide bonds. The number of ether oxygens (including phenoxy) is 2. The van der Waals surface area contributed by atoms with E-state index in [4.69, 9.17) is 13.9 Å². The maximum Gasteiger partial charge on any atom is 0.254 e. The number of benzene rings is 1. The number of nitrogens with one attached hydrogen (secondary N) is 1. The zero-order valence-electron chi connectivity index (χ0n) is 24.3. The first-order chi connectivity index (χ1) is 19.1. The van der Waals surface area contributed by atoms with Crippen molar-refractivity contribution in [1.82, 2.24) is 14.8 Å². The van der Waals surface area contributed by atoms with Gasteiger partial charge in [0.25, 0.3) is 17.3 Å². The van der Waals surface area contributed by atoms with Gasteiger partial charge in [0.15, 0.2) is 11.5 Å². The molecule has 0 radical (unpaired) electrons. The van der Waals surface area contributed by atoms with Crippen molar-refractivity contribution in [2.45, 2.75) is 78.2 Å². The van der Waals surface area contributed by atoms with Crippen LogP contribution in [0.3, 0.4) is 0 Å². The molecule has 2 aliphatic heterocycles. The monoisotopic (exact) mass is 545 g/mol. The van der Waals surface area contributed by atoms with Crippen molar-refractivity contribution in [2.24, 2.45) is 5.92 Å². The molecule has 8 heteroatoms. The summed E-state index contributed by atoms with van der Waals surface area (Å²) >= 11 is 0. The van der Waals surface area contributed by atoms with E-state index in [2.05, 4.69) is 24.0 Å². The van der Waals surface area contributed by atoms with Crippen LogP contribution in [0, 0.1) is 26.7 Å². The molecule has 3 aliphatic rings. The van der Waals surface area contributed by atoms with Gasteiger partial charge in [-0.05, 0) is 90.2 Å². The van der Waals surface area contributed by atoms with Crippen LogP contribution in [-0.2, 0) is 13.0 Å². The van der Waals surface area contributed by atoms with Crippen molar-refractivity contribution in [3.05, 3.63) is 68.5 Å². The summed E-state index contributed by atoms with van der Waals surface area (Å²) in [7, 11) is 4.29. The Morgan fingerprint density at radius 2 is 1.77 bits per heavy atom. The fraction of sp³-hybridized carbons (Fsp3) is 0.500. The smallest absolute Gasteiger partial charge is 0.254 e. The largest absolute Gasteiger partial charge is 0.472 e. The maximum atomic E-state index is 14.1. The molecule has 1 N–H and O–H groups in total. The van der Waals surface area contributed by atoms with Gasteiger partial charge in [0, 0.05) is 53.4 Å².